The van der Waals surface area contributed by atoms with Crippen molar-refractivity contribution in [2.75, 3.05) is 18.5 Å². The minimum absolute atomic E-state index is 0.00948. The molecule has 1 fully saturated rings. The van der Waals surface area contributed by atoms with Gasteiger partial charge in [0.1, 0.15) is 12.4 Å². The van der Waals surface area contributed by atoms with Gasteiger partial charge in [-0.05, 0) is 49.1 Å². The summed E-state index contributed by atoms with van der Waals surface area (Å²) >= 11 is 0. The number of rotatable bonds is 6. The van der Waals surface area contributed by atoms with Crippen molar-refractivity contribution in [3.05, 3.63) is 36.4 Å². The molecule has 114 valence electrons. The molecule has 0 saturated heterocycles. The van der Waals surface area contributed by atoms with Gasteiger partial charge in [0.2, 0.25) is 5.91 Å². The molecule has 0 unspecified atom stereocenters. The SMILES string of the molecule is O=C(/C=C/C1CCCCC1)Nc1ccc(OCCO)cc1. The van der Waals surface area contributed by atoms with Crippen LogP contribution in [0, 0.1) is 5.92 Å². The van der Waals surface area contributed by atoms with Crippen LogP contribution in [0.2, 0.25) is 0 Å². The number of aliphatic hydroxyl groups is 1. The van der Waals surface area contributed by atoms with Gasteiger partial charge >= 0.3 is 0 Å². The summed E-state index contributed by atoms with van der Waals surface area (Å²) in [5.74, 6) is 1.14. The molecule has 0 aromatic heterocycles. The van der Waals surface area contributed by atoms with Crippen LogP contribution in [-0.2, 0) is 4.79 Å². The fourth-order valence-corrected chi connectivity index (χ4v) is 2.53. The first-order valence-corrected chi connectivity index (χ1v) is 7.61. The number of anilines is 1. The topological polar surface area (TPSA) is 58.6 Å². The molecule has 1 aromatic rings. The van der Waals surface area contributed by atoms with Crippen LogP contribution in [-0.4, -0.2) is 24.2 Å². The number of ether oxygens (including phenoxy) is 1. The van der Waals surface area contributed by atoms with E-state index in [-0.39, 0.29) is 19.1 Å². The van der Waals surface area contributed by atoms with Crippen LogP contribution in [0.1, 0.15) is 32.1 Å². The maximum absolute atomic E-state index is 11.8. The average Bonchev–Trinajstić information content (AvgIpc) is 2.53. The number of hydrogen-bond donors (Lipinski definition) is 2. The normalized spacial score (nSPS) is 16.0. The van der Waals surface area contributed by atoms with Gasteiger partial charge in [-0.2, -0.15) is 0 Å². The van der Waals surface area contributed by atoms with Gasteiger partial charge in [0.05, 0.1) is 6.61 Å². The zero-order chi connectivity index (χ0) is 14.9. The molecule has 21 heavy (non-hydrogen) atoms. The van der Waals surface area contributed by atoms with E-state index in [1.165, 1.54) is 32.1 Å². The highest BCUT2D eigenvalue weighted by Crippen LogP contribution is 2.24. The molecule has 0 spiro atoms. The highest BCUT2D eigenvalue weighted by Gasteiger charge is 2.10. The maximum Gasteiger partial charge on any atom is 0.248 e. The standard InChI is InChI=1S/C17H23NO3/c19-12-13-21-16-9-7-15(8-10-16)18-17(20)11-6-14-4-2-1-3-5-14/h6-11,14,19H,1-5,12-13H2,(H,18,20)/b11-6+. The number of allylic oxidation sites excluding steroid dienone is 1. The van der Waals surface area contributed by atoms with Gasteiger partial charge in [-0.15, -0.1) is 0 Å². The first kappa shape index (κ1) is 15.6. The fourth-order valence-electron chi connectivity index (χ4n) is 2.53. The van der Waals surface area contributed by atoms with Crippen LogP contribution >= 0.6 is 0 Å². The van der Waals surface area contributed by atoms with Gasteiger partial charge in [-0.3, -0.25) is 4.79 Å². The number of benzene rings is 1. The summed E-state index contributed by atoms with van der Waals surface area (Å²) in [7, 11) is 0. The summed E-state index contributed by atoms with van der Waals surface area (Å²) in [5, 5.41) is 11.5. The quantitative estimate of drug-likeness (QED) is 0.791. The number of aliphatic hydroxyl groups excluding tert-OH is 1. The van der Waals surface area contributed by atoms with E-state index in [2.05, 4.69) is 5.32 Å². The third kappa shape index (κ3) is 5.60. The summed E-state index contributed by atoms with van der Waals surface area (Å²) in [5.41, 5.74) is 0.740. The maximum atomic E-state index is 11.8. The van der Waals surface area contributed by atoms with Gasteiger partial charge in [-0.1, -0.05) is 25.3 Å². The molecule has 0 atom stereocenters. The van der Waals surface area contributed by atoms with E-state index >= 15 is 0 Å². The van der Waals surface area contributed by atoms with Crippen LogP contribution in [0.15, 0.2) is 36.4 Å². The van der Waals surface area contributed by atoms with Crippen LogP contribution in [0.3, 0.4) is 0 Å². The summed E-state index contributed by atoms with van der Waals surface area (Å²) < 4.78 is 5.27. The van der Waals surface area contributed by atoms with Gasteiger partial charge in [0, 0.05) is 5.69 Å². The van der Waals surface area contributed by atoms with Crippen molar-refractivity contribution in [2.45, 2.75) is 32.1 Å². The number of nitrogens with one attached hydrogen (secondary N) is 1. The highest BCUT2D eigenvalue weighted by molar-refractivity contribution is 5.99. The van der Waals surface area contributed by atoms with Gasteiger partial charge < -0.3 is 15.2 Å². The van der Waals surface area contributed by atoms with Crippen molar-refractivity contribution < 1.29 is 14.6 Å². The first-order chi connectivity index (χ1) is 10.3. The molecule has 4 nitrogen and oxygen atoms in total. The molecule has 1 aliphatic rings. The minimum Gasteiger partial charge on any atom is -0.491 e. The molecule has 1 saturated carbocycles. The summed E-state index contributed by atoms with van der Waals surface area (Å²) in [6, 6.07) is 7.13. The average molecular weight is 289 g/mol. The number of amides is 1. The molecule has 1 aromatic carbocycles. The Morgan fingerprint density at radius 2 is 1.95 bits per heavy atom. The largest absolute Gasteiger partial charge is 0.491 e. The molecule has 1 amide bonds. The van der Waals surface area contributed by atoms with Crippen molar-refractivity contribution in [1.29, 1.82) is 0 Å². The smallest absolute Gasteiger partial charge is 0.248 e. The lowest BCUT2D eigenvalue weighted by Crippen LogP contribution is -2.10. The molecular weight excluding hydrogens is 266 g/mol. The third-order valence-corrected chi connectivity index (χ3v) is 3.65. The molecule has 1 aliphatic carbocycles. The predicted octanol–water partition coefficient (Wildman–Crippen LogP) is 3.13. The fraction of sp³-hybridized carbons (Fsp3) is 0.471. The van der Waals surface area contributed by atoms with Crippen LogP contribution < -0.4 is 10.1 Å². The Balaban J connectivity index is 1.80. The van der Waals surface area contributed by atoms with Crippen LogP contribution in [0.5, 0.6) is 5.75 Å². The summed E-state index contributed by atoms with van der Waals surface area (Å²) in [6.45, 7) is 0.264. The number of carbonyl (C=O) groups is 1. The second-order valence-electron chi connectivity index (χ2n) is 5.34. The van der Waals surface area contributed by atoms with E-state index in [0.29, 0.717) is 11.7 Å². The first-order valence-electron chi connectivity index (χ1n) is 7.61. The molecule has 0 heterocycles. The second kappa shape index (κ2) is 8.47. The van der Waals surface area contributed by atoms with Gasteiger partial charge in [0.25, 0.3) is 0 Å². The predicted molar refractivity (Wildman–Crippen MR) is 83.4 cm³/mol. The monoisotopic (exact) mass is 289 g/mol. The Morgan fingerprint density at radius 1 is 1.24 bits per heavy atom. The van der Waals surface area contributed by atoms with E-state index in [1.54, 1.807) is 30.3 Å². The summed E-state index contributed by atoms with van der Waals surface area (Å²) in [4.78, 5) is 11.8. The lowest BCUT2D eigenvalue weighted by Gasteiger charge is -2.17. The van der Waals surface area contributed by atoms with E-state index in [9.17, 15) is 4.79 Å². The van der Waals surface area contributed by atoms with Crippen molar-refractivity contribution in [3.8, 4) is 5.75 Å². The van der Waals surface area contributed by atoms with Crippen molar-refractivity contribution in [3.63, 3.8) is 0 Å². The zero-order valence-corrected chi connectivity index (χ0v) is 12.3. The minimum atomic E-state index is -0.0930. The Hall–Kier alpha value is -1.81. The van der Waals surface area contributed by atoms with Crippen LogP contribution in [0.25, 0.3) is 0 Å². The summed E-state index contributed by atoms with van der Waals surface area (Å²) in [6.07, 6.45) is 9.93. The third-order valence-electron chi connectivity index (χ3n) is 3.65. The molecule has 2 N–H and O–H groups in total. The van der Waals surface area contributed by atoms with Crippen molar-refractivity contribution >= 4 is 11.6 Å². The van der Waals surface area contributed by atoms with Crippen LogP contribution in [0.4, 0.5) is 5.69 Å². The van der Waals surface area contributed by atoms with Gasteiger partial charge in [0.15, 0.2) is 0 Å². The number of hydrogen-bond acceptors (Lipinski definition) is 3. The Bertz CT molecular complexity index is 461. The molecule has 2 rings (SSSR count). The molecule has 0 bridgehead atoms. The van der Waals surface area contributed by atoms with Crippen molar-refractivity contribution in [1.82, 2.24) is 0 Å². The van der Waals surface area contributed by atoms with E-state index in [1.807, 2.05) is 6.08 Å². The molecule has 0 radical (unpaired) electrons. The second-order valence-corrected chi connectivity index (χ2v) is 5.34. The lowest BCUT2D eigenvalue weighted by atomic mass is 9.89. The Kier molecular flexibility index (Phi) is 6.28. The number of carbonyl (C=O) groups excluding carboxylic acids is 1. The van der Waals surface area contributed by atoms with Crippen molar-refractivity contribution in [2.24, 2.45) is 5.92 Å². The van der Waals surface area contributed by atoms with E-state index in [4.69, 9.17) is 9.84 Å². The zero-order valence-electron chi connectivity index (χ0n) is 12.3. The Morgan fingerprint density at radius 3 is 2.62 bits per heavy atom. The molecule has 0 aliphatic heterocycles. The highest BCUT2D eigenvalue weighted by atomic mass is 16.5. The van der Waals surface area contributed by atoms with E-state index < -0.39 is 0 Å². The van der Waals surface area contributed by atoms with Gasteiger partial charge in [-0.25, -0.2) is 0 Å². The van der Waals surface area contributed by atoms with E-state index in [0.717, 1.165) is 5.69 Å². The lowest BCUT2D eigenvalue weighted by molar-refractivity contribution is -0.111. The molecule has 4 heteroatoms. The Labute approximate surface area is 125 Å². The molecular formula is C17H23NO3.